The van der Waals surface area contributed by atoms with Crippen molar-refractivity contribution >= 4 is 23.5 Å². The van der Waals surface area contributed by atoms with Gasteiger partial charge in [-0.1, -0.05) is 11.8 Å². The first-order valence-electron chi connectivity index (χ1n) is 4.70. The summed E-state index contributed by atoms with van der Waals surface area (Å²) in [6, 6.07) is 2.00. The molecule has 1 aromatic rings. The van der Waals surface area contributed by atoms with Gasteiger partial charge in [-0.2, -0.15) is 10.3 Å². The third-order valence-corrected chi connectivity index (χ3v) is 2.23. The van der Waals surface area contributed by atoms with Crippen molar-refractivity contribution in [2.45, 2.75) is 19.0 Å². The quantitative estimate of drug-likeness (QED) is 0.348. The largest absolute Gasteiger partial charge is 0.481 e. The number of aliphatic imine (C=N–C) groups is 1. The molecule has 0 aliphatic heterocycles. The predicted octanol–water partition coefficient (Wildman–Crippen LogP) is 2.16. The fourth-order valence-corrected chi connectivity index (χ4v) is 1.35. The lowest BCUT2D eigenvalue weighted by molar-refractivity contribution is 0.324. The van der Waals surface area contributed by atoms with Crippen LogP contribution in [-0.4, -0.2) is 28.7 Å². The summed E-state index contributed by atoms with van der Waals surface area (Å²) in [6.07, 6.45) is 3.33. The van der Waals surface area contributed by atoms with Gasteiger partial charge in [-0.3, -0.25) is 0 Å². The molecule has 0 unspecified atom stereocenters. The Bertz CT molecular complexity index is 439. The second-order valence-electron chi connectivity index (χ2n) is 2.77. The van der Waals surface area contributed by atoms with E-state index in [0.29, 0.717) is 29.0 Å². The fourth-order valence-electron chi connectivity index (χ4n) is 1.01. The van der Waals surface area contributed by atoms with Crippen LogP contribution in [0.2, 0.25) is 0 Å². The van der Waals surface area contributed by atoms with E-state index < -0.39 is 0 Å². The molecule has 0 aliphatic rings. The molecule has 0 saturated carbocycles. The molecule has 0 bridgehead atoms. The Balaban J connectivity index is 3.10. The third kappa shape index (κ3) is 3.21. The summed E-state index contributed by atoms with van der Waals surface area (Å²) in [5, 5.41) is 9.46. The summed E-state index contributed by atoms with van der Waals surface area (Å²) in [5.41, 5.74) is 0.344. The Labute approximate surface area is 98.6 Å². The highest BCUT2D eigenvalue weighted by atomic mass is 32.2. The van der Waals surface area contributed by atoms with Gasteiger partial charge in [0.05, 0.1) is 12.8 Å². The molecule has 0 N–H and O–H groups in total. The van der Waals surface area contributed by atoms with Gasteiger partial charge in [-0.25, -0.2) is 9.97 Å². The van der Waals surface area contributed by atoms with E-state index in [2.05, 4.69) is 15.0 Å². The lowest BCUT2D eigenvalue weighted by Crippen LogP contribution is -1.99. The number of ether oxygens (including phenoxy) is 1. The van der Waals surface area contributed by atoms with E-state index in [0.717, 1.165) is 0 Å². The number of rotatable bonds is 3. The van der Waals surface area contributed by atoms with Gasteiger partial charge < -0.3 is 4.74 Å². The molecule has 84 valence electrons. The minimum absolute atomic E-state index is 0.344. The Morgan fingerprint density at radius 2 is 2.44 bits per heavy atom. The summed E-state index contributed by atoms with van der Waals surface area (Å²) < 4.78 is 5.19. The van der Waals surface area contributed by atoms with Gasteiger partial charge in [0.25, 0.3) is 0 Å². The van der Waals surface area contributed by atoms with E-state index in [9.17, 15) is 0 Å². The molecule has 16 heavy (non-hydrogen) atoms. The van der Waals surface area contributed by atoms with Crippen molar-refractivity contribution in [1.82, 2.24) is 9.97 Å². The molecule has 5 nitrogen and oxygen atoms in total. The first-order chi connectivity index (χ1) is 7.71. The van der Waals surface area contributed by atoms with E-state index in [1.165, 1.54) is 18.0 Å². The van der Waals surface area contributed by atoms with Gasteiger partial charge in [-0.15, -0.1) is 0 Å². The van der Waals surface area contributed by atoms with Gasteiger partial charge in [-0.05, 0) is 13.2 Å². The molecule has 0 aromatic carbocycles. The molecule has 0 spiro atoms. The maximum Gasteiger partial charge on any atom is 0.189 e. The molecular formula is C10H12N4OS. The smallest absolute Gasteiger partial charge is 0.189 e. The normalized spacial score (nSPS) is 11.0. The van der Waals surface area contributed by atoms with Crippen LogP contribution in [0.3, 0.4) is 0 Å². The highest BCUT2D eigenvalue weighted by Crippen LogP contribution is 2.18. The Hall–Kier alpha value is -1.61. The number of hydrogen-bond donors (Lipinski definition) is 0. The van der Waals surface area contributed by atoms with Crippen molar-refractivity contribution in [3.05, 3.63) is 11.8 Å². The van der Waals surface area contributed by atoms with Crippen LogP contribution in [0.15, 0.2) is 16.3 Å². The van der Waals surface area contributed by atoms with Crippen LogP contribution < -0.4 is 0 Å². The first-order valence-corrected chi connectivity index (χ1v) is 5.93. The average molecular weight is 236 g/mol. The number of nitriles is 1. The maximum atomic E-state index is 8.88. The minimum Gasteiger partial charge on any atom is -0.481 e. The zero-order valence-electron chi connectivity index (χ0n) is 9.39. The molecule has 6 heteroatoms. The molecule has 1 heterocycles. The topological polar surface area (TPSA) is 71.2 Å². The molecular weight excluding hydrogens is 224 g/mol. The third-order valence-electron chi connectivity index (χ3n) is 1.67. The van der Waals surface area contributed by atoms with Gasteiger partial charge in [0, 0.05) is 6.92 Å². The van der Waals surface area contributed by atoms with Gasteiger partial charge in [0.2, 0.25) is 0 Å². The molecule has 0 fully saturated rings. The van der Waals surface area contributed by atoms with Crippen molar-refractivity contribution in [2.75, 3.05) is 12.9 Å². The van der Waals surface area contributed by atoms with Crippen molar-refractivity contribution in [2.24, 2.45) is 4.99 Å². The summed E-state index contributed by atoms with van der Waals surface area (Å²) >= 11 is 1.40. The van der Waals surface area contributed by atoms with Gasteiger partial charge in [0.1, 0.15) is 11.6 Å². The summed E-state index contributed by atoms with van der Waals surface area (Å²) in [4.78, 5) is 12.3. The zero-order chi connectivity index (χ0) is 12.0. The second kappa shape index (κ2) is 6.08. The highest BCUT2D eigenvalue weighted by molar-refractivity contribution is 7.98. The predicted molar refractivity (Wildman–Crippen MR) is 62.9 cm³/mol. The molecule has 0 radical (unpaired) electrons. The van der Waals surface area contributed by atoms with Crippen LogP contribution in [0.5, 0.6) is 0 Å². The molecule has 1 aromatic heterocycles. The Kier molecular flexibility index (Phi) is 4.73. The van der Waals surface area contributed by atoms with Crippen LogP contribution >= 0.6 is 11.8 Å². The molecule has 0 aliphatic carbocycles. The van der Waals surface area contributed by atoms with Crippen molar-refractivity contribution in [3.8, 4) is 6.07 Å². The molecule has 0 saturated heterocycles. The number of aromatic nitrogens is 2. The molecule has 1 rings (SSSR count). The van der Waals surface area contributed by atoms with Gasteiger partial charge in [0.15, 0.2) is 16.9 Å². The fraction of sp³-hybridized carbons (Fsp3) is 0.400. The number of nitrogens with zero attached hydrogens (tertiary/aromatic N) is 4. The minimum atomic E-state index is 0.344. The van der Waals surface area contributed by atoms with Crippen molar-refractivity contribution in [1.29, 1.82) is 5.26 Å². The SMILES string of the molecule is CCOC(C)=Nc1nc(SC)ncc1C#N. The lowest BCUT2D eigenvalue weighted by Gasteiger charge is -2.02. The van der Waals surface area contributed by atoms with Crippen LogP contribution in [0.1, 0.15) is 19.4 Å². The lowest BCUT2D eigenvalue weighted by atomic mass is 10.3. The van der Waals surface area contributed by atoms with E-state index in [4.69, 9.17) is 10.00 Å². The summed E-state index contributed by atoms with van der Waals surface area (Å²) in [7, 11) is 0. The van der Waals surface area contributed by atoms with Crippen LogP contribution in [0, 0.1) is 11.3 Å². The standard InChI is InChI=1S/C10H12N4OS/c1-4-15-7(2)13-9-8(5-11)6-12-10(14-9)16-3/h6H,4H2,1-3H3. The summed E-state index contributed by atoms with van der Waals surface area (Å²) in [5.74, 6) is 0.845. The van der Waals surface area contributed by atoms with E-state index in [1.807, 2.05) is 19.2 Å². The number of thioether (sulfide) groups is 1. The van der Waals surface area contributed by atoms with Crippen LogP contribution in [-0.2, 0) is 4.74 Å². The average Bonchev–Trinajstić information content (AvgIpc) is 2.29. The summed E-state index contributed by atoms with van der Waals surface area (Å²) in [6.45, 7) is 4.14. The molecule has 0 atom stereocenters. The first kappa shape index (κ1) is 12.5. The van der Waals surface area contributed by atoms with Crippen molar-refractivity contribution in [3.63, 3.8) is 0 Å². The van der Waals surface area contributed by atoms with Crippen LogP contribution in [0.25, 0.3) is 0 Å². The second-order valence-corrected chi connectivity index (χ2v) is 3.54. The number of hydrogen-bond acceptors (Lipinski definition) is 6. The van der Waals surface area contributed by atoms with E-state index >= 15 is 0 Å². The Morgan fingerprint density at radius 3 is 3.00 bits per heavy atom. The monoisotopic (exact) mass is 236 g/mol. The maximum absolute atomic E-state index is 8.88. The van der Waals surface area contributed by atoms with Crippen LogP contribution in [0.4, 0.5) is 5.82 Å². The van der Waals surface area contributed by atoms with E-state index in [1.54, 1.807) is 6.92 Å². The Morgan fingerprint density at radius 1 is 1.69 bits per heavy atom. The van der Waals surface area contributed by atoms with Gasteiger partial charge >= 0.3 is 0 Å². The zero-order valence-corrected chi connectivity index (χ0v) is 10.2. The van der Waals surface area contributed by atoms with Crippen molar-refractivity contribution < 1.29 is 4.74 Å². The highest BCUT2D eigenvalue weighted by Gasteiger charge is 2.06. The molecule has 0 amide bonds. The van der Waals surface area contributed by atoms with E-state index in [-0.39, 0.29) is 0 Å².